The number of benzene rings is 2. The van der Waals surface area contributed by atoms with Gasteiger partial charge in [-0.15, -0.1) is 11.8 Å². The van der Waals surface area contributed by atoms with E-state index in [1.807, 2.05) is 30.3 Å². The second-order valence-corrected chi connectivity index (χ2v) is 5.36. The number of rotatable bonds is 3. The van der Waals surface area contributed by atoms with Gasteiger partial charge in [-0.1, -0.05) is 41.6 Å². The summed E-state index contributed by atoms with van der Waals surface area (Å²) >= 11 is 7.30. The van der Waals surface area contributed by atoms with E-state index in [2.05, 4.69) is 11.8 Å². The summed E-state index contributed by atoms with van der Waals surface area (Å²) in [6.07, 6.45) is 0. The Labute approximate surface area is 126 Å². The molecule has 0 atom stereocenters. The molecule has 2 rings (SSSR count). The van der Waals surface area contributed by atoms with Crippen molar-refractivity contribution in [3.05, 3.63) is 64.7 Å². The zero-order chi connectivity index (χ0) is 14.4. The van der Waals surface area contributed by atoms with Gasteiger partial charge in [-0.25, -0.2) is 4.79 Å². The monoisotopic (exact) mass is 302 g/mol. The van der Waals surface area contributed by atoms with Crippen LogP contribution in [0.5, 0.6) is 0 Å². The fourth-order valence-electron chi connectivity index (χ4n) is 1.54. The predicted molar refractivity (Wildman–Crippen MR) is 82.5 cm³/mol. The highest BCUT2D eigenvalue weighted by molar-refractivity contribution is 7.99. The van der Waals surface area contributed by atoms with E-state index in [1.54, 1.807) is 18.2 Å². The van der Waals surface area contributed by atoms with Crippen molar-refractivity contribution < 1.29 is 9.90 Å². The van der Waals surface area contributed by atoms with Crippen LogP contribution in [-0.2, 0) is 0 Å². The number of carboxylic acid groups (broad SMARTS) is 1. The largest absolute Gasteiger partial charge is 0.478 e. The van der Waals surface area contributed by atoms with Crippen LogP contribution in [0, 0.1) is 11.8 Å². The van der Waals surface area contributed by atoms with Gasteiger partial charge in [-0.3, -0.25) is 0 Å². The van der Waals surface area contributed by atoms with Crippen LogP contribution in [0.2, 0.25) is 5.02 Å². The molecule has 20 heavy (non-hydrogen) atoms. The molecule has 0 saturated heterocycles. The van der Waals surface area contributed by atoms with E-state index >= 15 is 0 Å². The van der Waals surface area contributed by atoms with E-state index in [4.69, 9.17) is 16.7 Å². The molecular weight excluding hydrogens is 292 g/mol. The molecule has 0 unspecified atom stereocenters. The van der Waals surface area contributed by atoms with E-state index in [9.17, 15) is 4.79 Å². The van der Waals surface area contributed by atoms with Gasteiger partial charge in [-0.05, 0) is 30.3 Å². The summed E-state index contributed by atoms with van der Waals surface area (Å²) in [6.45, 7) is 0. The Morgan fingerprint density at radius 3 is 2.65 bits per heavy atom. The van der Waals surface area contributed by atoms with Gasteiger partial charge in [0.25, 0.3) is 0 Å². The van der Waals surface area contributed by atoms with Crippen molar-refractivity contribution in [2.45, 2.75) is 4.90 Å². The standard InChI is InChI=1S/C16H11ClO2S/c17-15-9-8-13(11-14(15)16(18)19)20-10-4-7-12-5-2-1-3-6-12/h1-3,5-6,8-9,11H,10H2,(H,18,19). The smallest absolute Gasteiger partial charge is 0.337 e. The lowest BCUT2D eigenvalue weighted by Gasteiger charge is -2.02. The van der Waals surface area contributed by atoms with Crippen molar-refractivity contribution >= 4 is 29.3 Å². The highest BCUT2D eigenvalue weighted by Crippen LogP contribution is 2.24. The summed E-state index contributed by atoms with van der Waals surface area (Å²) in [7, 11) is 0. The van der Waals surface area contributed by atoms with E-state index in [1.165, 1.54) is 11.8 Å². The molecule has 0 aliphatic rings. The molecule has 0 aliphatic carbocycles. The third-order valence-electron chi connectivity index (χ3n) is 2.49. The molecule has 0 saturated carbocycles. The molecule has 0 spiro atoms. The second kappa shape index (κ2) is 7.04. The molecule has 4 heteroatoms. The van der Waals surface area contributed by atoms with Gasteiger partial charge in [0.15, 0.2) is 0 Å². The minimum Gasteiger partial charge on any atom is -0.478 e. The summed E-state index contributed by atoms with van der Waals surface area (Å²) in [5.74, 6) is 5.67. The van der Waals surface area contributed by atoms with E-state index in [-0.39, 0.29) is 10.6 Å². The Morgan fingerprint density at radius 2 is 1.95 bits per heavy atom. The lowest BCUT2D eigenvalue weighted by molar-refractivity contribution is 0.0697. The molecule has 100 valence electrons. The maximum atomic E-state index is 11.0. The Kier molecular flexibility index (Phi) is 5.11. The fraction of sp³-hybridized carbons (Fsp3) is 0.0625. The van der Waals surface area contributed by atoms with Gasteiger partial charge in [-0.2, -0.15) is 0 Å². The highest BCUT2D eigenvalue weighted by atomic mass is 35.5. The van der Waals surface area contributed by atoms with Gasteiger partial charge in [0.2, 0.25) is 0 Å². The number of carbonyl (C=O) groups is 1. The zero-order valence-corrected chi connectivity index (χ0v) is 12.0. The van der Waals surface area contributed by atoms with Crippen molar-refractivity contribution in [1.82, 2.24) is 0 Å². The molecule has 0 aromatic heterocycles. The van der Waals surface area contributed by atoms with Gasteiger partial charge >= 0.3 is 5.97 Å². The van der Waals surface area contributed by atoms with Crippen molar-refractivity contribution in [2.75, 3.05) is 5.75 Å². The lowest BCUT2D eigenvalue weighted by atomic mass is 10.2. The first kappa shape index (κ1) is 14.5. The summed E-state index contributed by atoms with van der Waals surface area (Å²) in [5.41, 5.74) is 1.09. The number of halogens is 1. The normalized spacial score (nSPS) is 9.65. The number of aromatic carboxylic acids is 1. The van der Waals surface area contributed by atoms with Crippen molar-refractivity contribution in [3.63, 3.8) is 0 Å². The van der Waals surface area contributed by atoms with Crippen LogP contribution in [0.3, 0.4) is 0 Å². The fourth-order valence-corrected chi connectivity index (χ4v) is 2.41. The summed E-state index contributed by atoms with van der Waals surface area (Å²) in [5, 5.41) is 9.24. The van der Waals surface area contributed by atoms with Crippen LogP contribution in [0.25, 0.3) is 0 Å². The molecule has 0 bridgehead atoms. The van der Waals surface area contributed by atoms with Crippen LogP contribution < -0.4 is 0 Å². The number of hydrogen-bond acceptors (Lipinski definition) is 2. The average Bonchev–Trinajstić information content (AvgIpc) is 2.46. The van der Waals surface area contributed by atoms with E-state index < -0.39 is 5.97 Å². The SMILES string of the molecule is O=C(O)c1cc(SCC#Cc2ccccc2)ccc1Cl. The number of thioether (sulfide) groups is 1. The molecule has 2 aromatic carbocycles. The van der Waals surface area contributed by atoms with Crippen LogP contribution in [0.1, 0.15) is 15.9 Å². The van der Waals surface area contributed by atoms with Crippen LogP contribution in [-0.4, -0.2) is 16.8 Å². The maximum absolute atomic E-state index is 11.0. The molecular formula is C16H11ClO2S. The van der Waals surface area contributed by atoms with E-state index in [0.717, 1.165) is 10.5 Å². The van der Waals surface area contributed by atoms with Gasteiger partial charge in [0, 0.05) is 10.5 Å². The predicted octanol–water partition coefficient (Wildman–Crippen LogP) is 4.18. The van der Waals surface area contributed by atoms with Gasteiger partial charge < -0.3 is 5.11 Å². The Hall–Kier alpha value is -1.89. The number of hydrogen-bond donors (Lipinski definition) is 1. The maximum Gasteiger partial charge on any atom is 0.337 e. The molecule has 2 aromatic rings. The third kappa shape index (κ3) is 4.06. The Balaban J connectivity index is 2.00. The quantitative estimate of drug-likeness (QED) is 0.682. The minimum absolute atomic E-state index is 0.118. The van der Waals surface area contributed by atoms with Crippen molar-refractivity contribution in [3.8, 4) is 11.8 Å². The summed E-state index contributed by atoms with van der Waals surface area (Å²) < 4.78 is 0. The molecule has 1 N–H and O–H groups in total. The van der Waals surface area contributed by atoms with E-state index in [0.29, 0.717) is 5.75 Å². The Morgan fingerprint density at radius 1 is 1.20 bits per heavy atom. The highest BCUT2D eigenvalue weighted by Gasteiger charge is 2.09. The Bertz CT molecular complexity index is 672. The van der Waals surface area contributed by atoms with Crippen LogP contribution in [0.15, 0.2) is 53.4 Å². The summed E-state index contributed by atoms with van der Waals surface area (Å²) in [6, 6.07) is 14.7. The molecule has 0 aliphatic heterocycles. The second-order valence-electron chi connectivity index (χ2n) is 3.90. The molecule has 0 fully saturated rings. The van der Waals surface area contributed by atoms with Gasteiger partial charge in [0.05, 0.1) is 16.3 Å². The van der Waals surface area contributed by atoms with Crippen LogP contribution >= 0.6 is 23.4 Å². The lowest BCUT2D eigenvalue weighted by Crippen LogP contribution is -1.97. The van der Waals surface area contributed by atoms with Gasteiger partial charge in [0.1, 0.15) is 0 Å². The third-order valence-corrected chi connectivity index (χ3v) is 3.69. The molecule has 0 amide bonds. The molecule has 0 radical (unpaired) electrons. The van der Waals surface area contributed by atoms with Crippen molar-refractivity contribution in [2.24, 2.45) is 0 Å². The molecule has 0 heterocycles. The first-order chi connectivity index (χ1) is 9.66. The zero-order valence-electron chi connectivity index (χ0n) is 10.5. The first-order valence-corrected chi connectivity index (χ1v) is 7.23. The van der Waals surface area contributed by atoms with Crippen LogP contribution in [0.4, 0.5) is 0 Å². The number of carboxylic acids is 1. The average molecular weight is 303 g/mol. The summed E-state index contributed by atoms with van der Waals surface area (Å²) in [4.78, 5) is 11.8. The minimum atomic E-state index is -1.02. The first-order valence-electron chi connectivity index (χ1n) is 5.86. The topological polar surface area (TPSA) is 37.3 Å². The van der Waals surface area contributed by atoms with Crippen molar-refractivity contribution in [1.29, 1.82) is 0 Å². The molecule has 2 nitrogen and oxygen atoms in total.